The molecule has 1 heterocycles. The van der Waals surface area contributed by atoms with Crippen molar-refractivity contribution in [2.24, 2.45) is 0 Å². The van der Waals surface area contributed by atoms with Crippen molar-refractivity contribution in [1.82, 2.24) is 4.90 Å². The average molecular weight is 326 g/mol. The summed E-state index contributed by atoms with van der Waals surface area (Å²) in [5.41, 5.74) is 1.62. The number of hydrogen-bond donors (Lipinski definition) is 1. The van der Waals surface area contributed by atoms with Crippen LogP contribution in [0, 0.1) is 11.3 Å². The van der Waals surface area contributed by atoms with Crippen molar-refractivity contribution in [3.8, 4) is 6.07 Å². The second-order valence-electron chi connectivity index (χ2n) is 4.18. The van der Waals surface area contributed by atoms with Crippen molar-refractivity contribution in [2.45, 2.75) is 0 Å². The standard InChI is InChI=1S/C13H16BrN3S/c14-12-1-2-13(11(9-12)10-15)16-3-4-17-5-7-18-8-6-17/h1-2,9,16H,3-8H2. The van der Waals surface area contributed by atoms with Crippen LogP contribution in [-0.4, -0.2) is 42.6 Å². The van der Waals surface area contributed by atoms with E-state index >= 15 is 0 Å². The molecule has 0 aromatic heterocycles. The third kappa shape index (κ3) is 3.91. The Morgan fingerprint density at radius 1 is 1.39 bits per heavy atom. The van der Waals surface area contributed by atoms with Crippen LogP contribution in [0.4, 0.5) is 5.69 Å². The molecule has 0 radical (unpaired) electrons. The minimum Gasteiger partial charge on any atom is -0.383 e. The molecule has 0 unspecified atom stereocenters. The molecule has 0 aliphatic carbocycles. The van der Waals surface area contributed by atoms with E-state index in [1.165, 1.54) is 24.6 Å². The van der Waals surface area contributed by atoms with Gasteiger partial charge in [-0.1, -0.05) is 15.9 Å². The molecule has 5 heteroatoms. The summed E-state index contributed by atoms with van der Waals surface area (Å²) in [6.07, 6.45) is 0. The number of halogens is 1. The number of benzene rings is 1. The summed E-state index contributed by atoms with van der Waals surface area (Å²) in [5.74, 6) is 2.48. The summed E-state index contributed by atoms with van der Waals surface area (Å²) in [7, 11) is 0. The smallest absolute Gasteiger partial charge is 0.101 e. The quantitative estimate of drug-likeness (QED) is 0.923. The first kappa shape index (κ1) is 13.7. The maximum Gasteiger partial charge on any atom is 0.101 e. The minimum absolute atomic E-state index is 0.693. The van der Waals surface area contributed by atoms with Crippen molar-refractivity contribution < 1.29 is 0 Å². The number of nitriles is 1. The van der Waals surface area contributed by atoms with Gasteiger partial charge in [-0.15, -0.1) is 0 Å². The zero-order valence-corrected chi connectivity index (χ0v) is 12.6. The van der Waals surface area contributed by atoms with Crippen molar-refractivity contribution in [3.63, 3.8) is 0 Å². The molecular formula is C13H16BrN3S. The first-order valence-electron chi connectivity index (χ1n) is 6.03. The van der Waals surface area contributed by atoms with Crippen molar-refractivity contribution in [2.75, 3.05) is 43.0 Å². The molecule has 0 bridgehead atoms. The minimum atomic E-state index is 0.693. The summed E-state index contributed by atoms with van der Waals surface area (Å²) in [6, 6.07) is 7.97. The van der Waals surface area contributed by atoms with Gasteiger partial charge in [0.2, 0.25) is 0 Å². The van der Waals surface area contributed by atoms with Gasteiger partial charge in [-0.3, -0.25) is 4.90 Å². The maximum atomic E-state index is 9.07. The largest absolute Gasteiger partial charge is 0.383 e. The molecule has 0 spiro atoms. The molecule has 96 valence electrons. The van der Waals surface area contributed by atoms with E-state index in [1.54, 1.807) is 0 Å². The van der Waals surface area contributed by atoms with E-state index in [0.717, 1.165) is 23.2 Å². The number of thioether (sulfide) groups is 1. The van der Waals surface area contributed by atoms with Crippen LogP contribution in [-0.2, 0) is 0 Å². The first-order valence-corrected chi connectivity index (χ1v) is 7.98. The predicted molar refractivity (Wildman–Crippen MR) is 81.1 cm³/mol. The first-order chi connectivity index (χ1) is 8.79. The zero-order chi connectivity index (χ0) is 12.8. The molecule has 1 aromatic rings. The average Bonchev–Trinajstić information content (AvgIpc) is 2.41. The van der Waals surface area contributed by atoms with Crippen LogP contribution in [0.2, 0.25) is 0 Å². The Balaban J connectivity index is 1.84. The van der Waals surface area contributed by atoms with Crippen LogP contribution < -0.4 is 5.32 Å². The highest BCUT2D eigenvalue weighted by molar-refractivity contribution is 9.10. The van der Waals surface area contributed by atoms with E-state index in [9.17, 15) is 0 Å². The molecule has 0 saturated carbocycles. The van der Waals surface area contributed by atoms with E-state index in [-0.39, 0.29) is 0 Å². The van der Waals surface area contributed by atoms with Gasteiger partial charge in [-0.05, 0) is 18.2 Å². The summed E-state index contributed by atoms with van der Waals surface area (Å²) >= 11 is 5.40. The molecule has 1 N–H and O–H groups in total. The second-order valence-corrected chi connectivity index (χ2v) is 6.32. The summed E-state index contributed by atoms with van der Waals surface area (Å²) in [5, 5.41) is 12.4. The molecule has 1 aromatic carbocycles. The third-order valence-electron chi connectivity index (χ3n) is 2.95. The lowest BCUT2D eigenvalue weighted by atomic mass is 10.2. The van der Waals surface area contributed by atoms with Gasteiger partial charge in [-0.25, -0.2) is 0 Å². The molecule has 1 aliphatic rings. The molecule has 1 aliphatic heterocycles. The fourth-order valence-corrected chi connectivity index (χ4v) is 3.28. The van der Waals surface area contributed by atoms with Gasteiger partial charge in [0.25, 0.3) is 0 Å². The van der Waals surface area contributed by atoms with Gasteiger partial charge >= 0.3 is 0 Å². The van der Waals surface area contributed by atoms with Gasteiger partial charge in [-0.2, -0.15) is 17.0 Å². The van der Waals surface area contributed by atoms with Crippen LogP contribution in [0.25, 0.3) is 0 Å². The maximum absolute atomic E-state index is 9.07. The topological polar surface area (TPSA) is 39.1 Å². The van der Waals surface area contributed by atoms with Crippen LogP contribution in [0.1, 0.15) is 5.56 Å². The van der Waals surface area contributed by atoms with Gasteiger partial charge in [0.05, 0.1) is 11.3 Å². The van der Waals surface area contributed by atoms with E-state index in [1.807, 2.05) is 30.0 Å². The summed E-state index contributed by atoms with van der Waals surface area (Å²) in [6.45, 7) is 4.29. The Morgan fingerprint density at radius 2 is 2.17 bits per heavy atom. The number of hydrogen-bond acceptors (Lipinski definition) is 4. The van der Waals surface area contributed by atoms with Crippen molar-refractivity contribution in [1.29, 1.82) is 5.26 Å². The zero-order valence-electron chi connectivity index (χ0n) is 10.2. The highest BCUT2D eigenvalue weighted by Gasteiger charge is 2.09. The van der Waals surface area contributed by atoms with Crippen molar-refractivity contribution >= 4 is 33.4 Å². The van der Waals surface area contributed by atoms with Crippen LogP contribution >= 0.6 is 27.7 Å². The molecule has 0 atom stereocenters. The Morgan fingerprint density at radius 3 is 2.89 bits per heavy atom. The molecule has 1 fully saturated rings. The number of nitrogens with one attached hydrogen (secondary N) is 1. The highest BCUT2D eigenvalue weighted by Crippen LogP contribution is 2.20. The Hall–Kier alpha value is -0.700. The fraction of sp³-hybridized carbons (Fsp3) is 0.462. The lowest BCUT2D eigenvalue weighted by molar-refractivity contribution is 0.314. The lowest BCUT2D eigenvalue weighted by Gasteiger charge is -2.26. The summed E-state index contributed by atoms with van der Waals surface area (Å²) in [4.78, 5) is 2.47. The van der Waals surface area contributed by atoms with Crippen LogP contribution in [0.3, 0.4) is 0 Å². The van der Waals surface area contributed by atoms with E-state index < -0.39 is 0 Å². The molecule has 1 saturated heterocycles. The van der Waals surface area contributed by atoms with Gasteiger partial charge < -0.3 is 5.32 Å². The summed E-state index contributed by atoms with van der Waals surface area (Å²) < 4.78 is 0.942. The SMILES string of the molecule is N#Cc1cc(Br)ccc1NCCN1CCSCC1. The molecule has 0 amide bonds. The van der Waals surface area contributed by atoms with Crippen LogP contribution in [0.5, 0.6) is 0 Å². The fourth-order valence-electron chi connectivity index (χ4n) is 1.94. The molecular weight excluding hydrogens is 310 g/mol. The van der Waals surface area contributed by atoms with E-state index in [2.05, 4.69) is 32.2 Å². The molecule has 18 heavy (non-hydrogen) atoms. The van der Waals surface area contributed by atoms with Crippen LogP contribution in [0.15, 0.2) is 22.7 Å². The number of nitrogens with zero attached hydrogens (tertiary/aromatic N) is 2. The van der Waals surface area contributed by atoms with E-state index in [4.69, 9.17) is 5.26 Å². The highest BCUT2D eigenvalue weighted by atomic mass is 79.9. The number of anilines is 1. The lowest BCUT2D eigenvalue weighted by Crippen LogP contribution is -2.36. The normalized spacial score (nSPS) is 16.2. The predicted octanol–water partition coefficient (Wildman–Crippen LogP) is 2.78. The van der Waals surface area contributed by atoms with E-state index in [0.29, 0.717) is 5.56 Å². The van der Waals surface area contributed by atoms with Gasteiger partial charge in [0.15, 0.2) is 0 Å². The van der Waals surface area contributed by atoms with Gasteiger partial charge in [0, 0.05) is 42.2 Å². The van der Waals surface area contributed by atoms with Crippen molar-refractivity contribution in [3.05, 3.63) is 28.2 Å². The third-order valence-corrected chi connectivity index (χ3v) is 4.39. The number of rotatable bonds is 4. The Labute approximate surface area is 121 Å². The van der Waals surface area contributed by atoms with Gasteiger partial charge in [0.1, 0.15) is 6.07 Å². The Kier molecular flexibility index (Phi) is 5.36. The molecule has 2 rings (SSSR count). The molecule has 3 nitrogen and oxygen atoms in total. The second kappa shape index (κ2) is 7.03. The monoisotopic (exact) mass is 325 g/mol. The Bertz CT molecular complexity index is 438.